The van der Waals surface area contributed by atoms with Crippen molar-refractivity contribution in [1.82, 2.24) is 21.5 Å². The summed E-state index contributed by atoms with van der Waals surface area (Å²) in [7, 11) is 0. The molecule has 3 unspecified atom stereocenters. The minimum atomic E-state index is -0.278. The molecule has 2 aliphatic heterocycles. The number of ether oxygens (including phenoxy) is 1. The van der Waals surface area contributed by atoms with E-state index in [4.69, 9.17) is 4.74 Å². The van der Waals surface area contributed by atoms with Gasteiger partial charge >= 0.3 is 6.03 Å². The van der Waals surface area contributed by atoms with Gasteiger partial charge in [0.15, 0.2) is 0 Å². The van der Waals surface area contributed by atoms with E-state index in [1.807, 2.05) is 6.07 Å². The van der Waals surface area contributed by atoms with Crippen LogP contribution in [0.5, 0.6) is 0 Å². The number of carbonyl (C=O) groups excluding carboxylic acids is 1. The fourth-order valence-electron chi connectivity index (χ4n) is 4.82. The topological polar surface area (TPSA) is 74.4 Å². The number of rotatable bonds is 4. The molecule has 1 aliphatic carbocycles. The Morgan fingerprint density at radius 1 is 1.30 bits per heavy atom. The van der Waals surface area contributed by atoms with E-state index in [2.05, 4.69) is 21.5 Å². The highest BCUT2D eigenvalue weighted by atomic mass is 19.1. The lowest BCUT2D eigenvalue weighted by Gasteiger charge is -2.38. The maximum atomic E-state index is 13.8. The summed E-state index contributed by atoms with van der Waals surface area (Å²) in [5.74, 6) is 0.342. The third kappa shape index (κ3) is 4.10. The fraction of sp³-hybridized carbons (Fsp3) is 0.650. The van der Waals surface area contributed by atoms with Crippen molar-refractivity contribution in [2.45, 2.75) is 49.6 Å². The molecule has 0 spiro atoms. The van der Waals surface area contributed by atoms with Crippen LogP contribution in [0, 0.1) is 11.7 Å². The number of fused-ring (bicyclic) bond motifs is 1. The third-order valence-electron chi connectivity index (χ3n) is 6.46. The number of amides is 2. The molecule has 3 aliphatic rings. The van der Waals surface area contributed by atoms with Crippen LogP contribution in [0.3, 0.4) is 0 Å². The molecule has 148 valence electrons. The predicted molar refractivity (Wildman–Crippen MR) is 101 cm³/mol. The zero-order valence-corrected chi connectivity index (χ0v) is 15.6. The van der Waals surface area contributed by atoms with Crippen LogP contribution in [0.2, 0.25) is 0 Å². The number of nitrogens with one attached hydrogen (secondary N) is 4. The summed E-state index contributed by atoms with van der Waals surface area (Å²) >= 11 is 0. The Morgan fingerprint density at radius 2 is 2.15 bits per heavy atom. The van der Waals surface area contributed by atoms with Gasteiger partial charge < -0.3 is 15.4 Å². The van der Waals surface area contributed by atoms with Crippen LogP contribution in [0.15, 0.2) is 24.3 Å². The highest BCUT2D eigenvalue weighted by Crippen LogP contribution is 2.34. The maximum absolute atomic E-state index is 13.8. The number of hydrazine groups is 1. The molecule has 1 aromatic carbocycles. The summed E-state index contributed by atoms with van der Waals surface area (Å²) in [5.41, 5.74) is 7.18. The molecule has 27 heavy (non-hydrogen) atoms. The van der Waals surface area contributed by atoms with Crippen molar-refractivity contribution in [2.24, 2.45) is 5.92 Å². The van der Waals surface area contributed by atoms with Gasteiger partial charge in [0.05, 0.1) is 0 Å². The first-order valence-electron chi connectivity index (χ1n) is 10.0. The number of benzene rings is 1. The Labute approximate surface area is 159 Å². The summed E-state index contributed by atoms with van der Waals surface area (Å²) in [6.07, 6.45) is 4.88. The molecular formula is C20H29FN4O2. The van der Waals surface area contributed by atoms with Crippen molar-refractivity contribution in [3.05, 3.63) is 35.6 Å². The number of hydrogen-bond donors (Lipinski definition) is 4. The zero-order valence-electron chi connectivity index (χ0n) is 15.6. The Bertz CT molecular complexity index is 665. The molecule has 2 heterocycles. The molecule has 0 aromatic heterocycles. The number of urea groups is 1. The molecular weight excluding hydrogens is 347 g/mol. The van der Waals surface area contributed by atoms with Crippen LogP contribution >= 0.6 is 0 Å². The molecule has 3 atom stereocenters. The molecule has 6 nitrogen and oxygen atoms in total. The minimum absolute atomic E-state index is 0.138. The van der Waals surface area contributed by atoms with Gasteiger partial charge in [0.2, 0.25) is 0 Å². The molecule has 2 saturated heterocycles. The quantitative estimate of drug-likeness (QED) is 0.647. The lowest BCUT2D eigenvalue weighted by atomic mass is 9.74. The summed E-state index contributed by atoms with van der Waals surface area (Å²) < 4.78 is 19.3. The monoisotopic (exact) mass is 376 g/mol. The van der Waals surface area contributed by atoms with E-state index < -0.39 is 0 Å². The second-order valence-corrected chi connectivity index (χ2v) is 8.08. The van der Waals surface area contributed by atoms with E-state index in [1.54, 1.807) is 12.1 Å². The van der Waals surface area contributed by atoms with Gasteiger partial charge in [-0.2, -0.15) is 0 Å². The van der Waals surface area contributed by atoms with Crippen molar-refractivity contribution in [3.63, 3.8) is 0 Å². The zero-order chi connectivity index (χ0) is 18.7. The van der Waals surface area contributed by atoms with E-state index in [0.29, 0.717) is 31.7 Å². The highest BCUT2D eigenvalue weighted by molar-refractivity contribution is 5.74. The van der Waals surface area contributed by atoms with Gasteiger partial charge in [-0.25, -0.2) is 9.18 Å². The lowest BCUT2D eigenvalue weighted by Crippen LogP contribution is -2.56. The first-order valence-corrected chi connectivity index (χ1v) is 10.0. The van der Waals surface area contributed by atoms with Gasteiger partial charge in [0.25, 0.3) is 0 Å². The highest BCUT2D eigenvalue weighted by Gasteiger charge is 2.38. The lowest BCUT2D eigenvalue weighted by molar-refractivity contribution is 0.0505. The first-order chi connectivity index (χ1) is 13.2. The average Bonchev–Trinajstić information content (AvgIpc) is 3.17. The summed E-state index contributed by atoms with van der Waals surface area (Å²) in [4.78, 5) is 12.6. The normalized spacial score (nSPS) is 29.7. The van der Waals surface area contributed by atoms with Crippen molar-refractivity contribution in [1.29, 1.82) is 0 Å². The van der Waals surface area contributed by atoms with Crippen molar-refractivity contribution >= 4 is 6.03 Å². The Kier molecular flexibility index (Phi) is 5.61. The molecule has 4 rings (SSSR count). The second-order valence-electron chi connectivity index (χ2n) is 8.08. The summed E-state index contributed by atoms with van der Waals surface area (Å²) in [5, 5.41) is 6.21. The van der Waals surface area contributed by atoms with Gasteiger partial charge in [0.1, 0.15) is 5.82 Å². The molecule has 0 radical (unpaired) electrons. The predicted octanol–water partition coefficient (Wildman–Crippen LogP) is 1.82. The van der Waals surface area contributed by atoms with E-state index in [-0.39, 0.29) is 23.3 Å². The van der Waals surface area contributed by atoms with Gasteiger partial charge in [-0.15, -0.1) is 0 Å². The van der Waals surface area contributed by atoms with Gasteiger partial charge in [-0.1, -0.05) is 18.6 Å². The van der Waals surface area contributed by atoms with E-state index in [0.717, 1.165) is 37.8 Å². The number of halogens is 1. The van der Waals surface area contributed by atoms with E-state index >= 15 is 0 Å². The van der Waals surface area contributed by atoms with Gasteiger partial charge in [0, 0.05) is 43.8 Å². The molecule has 7 heteroatoms. The SMILES string of the molecule is O=C(NCC1(c2cccc(F)c2)CCOCC1)NC1CCCC2CNNC21. The van der Waals surface area contributed by atoms with E-state index in [9.17, 15) is 9.18 Å². The molecule has 3 fully saturated rings. The van der Waals surface area contributed by atoms with E-state index in [1.165, 1.54) is 12.5 Å². The van der Waals surface area contributed by atoms with Crippen LogP contribution in [0.25, 0.3) is 0 Å². The first kappa shape index (κ1) is 18.7. The Balaban J connectivity index is 1.39. The molecule has 1 saturated carbocycles. The summed E-state index contributed by atoms with van der Waals surface area (Å²) in [6.45, 7) is 2.70. The number of hydrogen-bond acceptors (Lipinski definition) is 4. The van der Waals surface area contributed by atoms with Crippen LogP contribution < -0.4 is 21.5 Å². The van der Waals surface area contributed by atoms with Crippen molar-refractivity contribution in [3.8, 4) is 0 Å². The Hall–Kier alpha value is -1.70. The van der Waals surface area contributed by atoms with Gasteiger partial charge in [-0.05, 0) is 49.3 Å². The average molecular weight is 376 g/mol. The summed E-state index contributed by atoms with van der Waals surface area (Å²) in [6, 6.07) is 7.03. The van der Waals surface area contributed by atoms with Crippen LogP contribution in [0.1, 0.15) is 37.7 Å². The van der Waals surface area contributed by atoms with Gasteiger partial charge in [-0.3, -0.25) is 10.9 Å². The Morgan fingerprint density at radius 3 is 2.96 bits per heavy atom. The van der Waals surface area contributed by atoms with Crippen LogP contribution in [-0.4, -0.2) is 44.4 Å². The fourth-order valence-corrected chi connectivity index (χ4v) is 4.82. The minimum Gasteiger partial charge on any atom is -0.381 e. The molecule has 0 bridgehead atoms. The molecule has 1 aromatic rings. The van der Waals surface area contributed by atoms with Crippen molar-refractivity contribution < 1.29 is 13.9 Å². The maximum Gasteiger partial charge on any atom is 0.315 e. The largest absolute Gasteiger partial charge is 0.381 e. The third-order valence-corrected chi connectivity index (χ3v) is 6.46. The van der Waals surface area contributed by atoms with Crippen LogP contribution in [-0.2, 0) is 10.2 Å². The molecule has 2 amide bonds. The smallest absolute Gasteiger partial charge is 0.315 e. The van der Waals surface area contributed by atoms with Crippen molar-refractivity contribution in [2.75, 3.05) is 26.3 Å². The standard InChI is InChI=1S/C20H29FN4O2/c21-16-5-2-4-15(11-16)20(7-9-27-10-8-20)13-22-19(26)24-17-6-1-3-14-12-23-25-18(14)17/h2,4-5,11,14,17-18,23,25H,1,3,6-10,12-13H2,(H2,22,24,26). The van der Waals surface area contributed by atoms with Crippen LogP contribution in [0.4, 0.5) is 9.18 Å². The second kappa shape index (κ2) is 8.12. The number of carbonyl (C=O) groups is 1. The molecule has 4 N–H and O–H groups in total.